The van der Waals surface area contributed by atoms with Crippen LogP contribution in [0.3, 0.4) is 0 Å². The van der Waals surface area contributed by atoms with Crippen LogP contribution in [-0.2, 0) is 11.3 Å². The third-order valence-electron chi connectivity index (χ3n) is 3.59. The second kappa shape index (κ2) is 9.27. The number of benzene rings is 1. The van der Waals surface area contributed by atoms with Crippen molar-refractivity contribution in [3.8, 4) is 0 Å². The lowest BCUT2D eigenvalue weighted by atomic mass is 10.2. The van der Waals surface area contributed by atoms with Gasteiger partial charge in [-0.2, -0.15) is 11.8 Å². The van der Waals surface area contributed by atoms with E-state index in [0.29, 0.717) is 0 Å². The smallest absolute Gasteiger partial charge is 0.0642 e. The fraction of sp³-hybridized carbons (Fsp3) is 0.625. The summed E-state index contributed by atoms with van der Waals surface area (Å²) in [6, 6.07) is 8.94. The number of rotatable bonds is 8. The molecule has 1 saturated heterocycles. The van der Waals surface area contributed by atoms with E-state index in [2.05, 4.69) is 40.7 Å². The molecule has 0 aromatic heterocycles. The molecule has 1 aliphatic rings. The van der Waals surface area contributed by atoms with Gasteiger partial charge in [-0.1, -0.05) is 12.1 Å². The number of hydrogen-bond acceptors (Lipinski definition) is 4. The predicted octanol–water partition coefficient (Wildman–Crippen LogP) is 2.76. The van der Waals surface area contributed by atoms with Gasteiger partial charge in [0.25, 0.3) is 0 Å². The van der Waals surface area contributed by atoms with Crippen LogP contribution < -0.4 is 10.2 Å². The van der Waals surface area contributed by atoms with Crippen LogP contribution in [-0.4, -0.2) is 44.9 Å². The van der Waals surface area contributed by atoms with E-state index in [4.69, 9.17) is 4.74 Å². The molecule has 0 amide bonds. The van der Waals surface area contributed by atoms with Crippen molar-refractivity contribution in [2.45, 2.75) is 19.4 Å². The second-order valence-electron chi connectivity index (χ2n) is 5.14. The maximum absolute atomic E-state index is 5.39. The van der Waals surface area contributed by atoms with Gasteiger partial charge < -0.3 is 15.0 Å². The Hall–Kier alpha value is -0.710. The van der Waals surface area contributed by atoms with Gasteiger partial charge in [0, 0.05) is 25.3 Å². The summed E-state index contributed by atoms with van der Waals surface area (Å²) < 4.78 is 5.39. The molecule has 0 bridgehead atoms. The van der Waals surface area contributed by atoms with E-state index in [0.717, 1.165) is 39.4 Å². The molecule has 1 heterocycles. The molecule has 0 aliphatic carbocycles. The third kappa shape index (κ3) is 5.35. The average molecular weight is 294 g/mol. The number of unbranched alkanes of at least 4 members (excludes halogenated alkanes) is 1. The largest absolute Gasteiger partial charge is 0.378 e. The fourth-order valence-corrected chi connectivity index (χ4v) is 2.87. The molecule has 0 unspecified atom stereocenters. The van der Waals surface area contributed by atoms with Crippen molar-refractivity contribution in [1.82, 2.24) is 5.32 Å². The summed E-state index contributed by atoms with van der Waals surface area (Å²) in [6.07, 6.45) is 4.75. The van der Waals surface area contributed by atoms with E-state index in [1.165, 1.54) is 29.8 Å². The first-order valence-electron chi connectivity index (χ1n) is 7.51. The first-order chi connectivity index (χ1) is 9.90. The van der Waals surface area contributed by atoms with Gasteiger partial charge >= 0.3 is 0 Å². The molecular formula is C16H26N2OS. The number of nitrogens with one attached hydrogen (secondary N) is 1. The van der Waals surface area contributed by atoms with Crippen molar-refractivity contribution in [3.63, 3.8) is 0 Å². The van der Waals surface area contributed by atoms with Crippen LogP contribution in [0.1, 0.15) is 18.4 Å². The topological polar surface area (TPSA) is 24.5 Å². The number of morpholine rings is 1. The summed E-state index contributed by atoms with van der Waals surface area (Å²) in [4.78, 5) is 2.39. The minimum absolute atomic E-state index is 0.847. The molecule has 0 atom stereocenters. The number of nitrogens with zero attached hydrogens (tertiary/aromatic N) is 1. The Morgan fingerprint density at radius 2 is 1.90 bits per heavy atom. The minimum Gasteiger partial charge on any atom is -0.378 e. The highest BCUT2D eigenvalue weighted by molar-refractivity contribution is 7.98. The monoisotopic (exact) mass is 294 g/mol. The molecule has 1 N–H and O–H groups in total. The highest BCUT2D eigenvalue weighted by atomic mass is 32.2. The number of hydrogen-bond donors (Lipinski definition) is 1. The molecule has 0 saturated carbocycles. The van der Waals surface area contributed by atoms with Gasteiger partial charge in [-0.3, -0.25) is 0 Å². The zero-order valence-corrected chi connectivity index (χ0v) is 13.3. The van der Waals surface area contributed by atoms with E-state index in [-0.39, 0.29) is 0 Å². The van der Waals surface area contributed by atoms with E-state index >= 15 is 0 Å². The number of thioether (sulfide) groups is 1. The van der Waals surface area contributed by atoms with Gasteiger partial charge in [0.05, 0.1) is 13.2 Å². The average Bonchev–Trinajstić information content (AvgIpc) is 2.52. The molecule has 1 aromatic rings. The lowest BCUT2D eigenvalue weighted by Crippen LogP contribution is -2.36. The van der Waals surface area contributed by atoms with Crippen molar-refractivity contribution in [2.24, 2.45) is 0 Å². The van der Waals surface area contributed by atoms with Crippen LogP contribution in [0.25, 0.3) is 0 Å². The van der Waals surface area contributed by atoms with Crippen LogP contribution >= 0.6 is 11.8 Å². The highest BCUT2D eigenvalue weighted by Gasteiger charge is 2.10. The van der Waals surface area contributed by atoms with E-state index in [9.17, 15) is 0 Å². The van der Waals surface area contributed by atoms with Gasteiger partial charge in [-0.15, -0.1) is 0 Å². The second-order valence-corrected chi connectivity index (χ2v) is 6.13. The molecule has 3 nitrogen and oxygen atoms in total. The van der Waals surface area contributed by atoms with Crippen molar-refractivity contribution >= 4 is 17.4 Å². The quantitative estimate of drug-likeness (QED) is 0.745. The molecule has 1 aliphatic heterocycles. The van der Waals surface area contributed by atoms with Crippen LogP contribution in [0.5, 0.6) is 0 Å². The summed E-state index contributed by atoms with van der Waals surface area (Å²) in [6.45, 7) is 5.80. The zero-order chi connectivity index (χ0) is 14.0. The summed E-state index contributed by atoms with van der Waals surface area (Å²) in [7, 11) is 0. The molecule has 112 valence electrons. The first kappa shape index (κ1) is 15.7. The van der Waals surface area contributed by atoms with E-state index < -0.39 is 0 Å². The SMILES string of the molecule is CSCCCCNCc1ccc(N2CCOCC2)cc1. The Kier molecular flexibility index (Phi) is 7.26. The highest BCUT2D eigenvalue weighted by Crippen LogP contribution is 2.16. The maximum atomic E-state index is 5.39. The molecular weight excluding hydrogens is 268 g/mol. The van der Waals surface area contributed by atoms with Crippen LogP contribution in [0.2, 0.25) is 0 Å². The van der Waals surface area contributed by atoms with Crippen molar-refractivity contribution in [1.29, 1.82) is 0 Å². The molecule has 4 heteroatoms. The van der Waals surface area contributed by atoms with Gasteiger partial charge in [0.2, 0.25) is 0 Å². The van der Waals surface area contributed by atoms with Gasteiger partial charge in [-0.05, 0) is 49.1 Å². The Balaban J connectivity index is 1.68. The van der Waals surface area contributed by atoms with E-state index in [1.807, 2.05) is 11.8 Å². The molecule has 1 aromatic carbocycles. The standard InChI is InChI=1S/C16H26N2OS/c1-20-13-3-2-8-17-14-15-4-6-16(7-5-15)18-9-11-19-12-10-18/h4-7,17H,2-3,8-14H2,1H3. The molecule has 0 radical (unpaired) electrons. The lowest BCUT2D eigenvalue weighted by Gasteiger charge is -2.28. The fourth-order valence-electron chi connectivity index (χ4n) is 2.38. The Bertz CT molecular complexity index is 363. The van der Waals surface area contributed by atoms with Crippen LogP contribution in [0.15, 0.2) is 24.3 Å². The Labute approximate surface area is 127 Å². The van der Waals surface area contributed by atoms with Crippen molar-refractivity contribution in [3.05, 3.63) is 29.8 Å². The summed E-state index contributed by atoms with van der Waals surface area (Å²) in [5.74, 6) is 1.27. The minimum atomic E-state index is 0.847. The normalized spacial score (nSPS) is 15.6. The first-order valence-corrected chi connectivity index (χ1v) is 8.91. The Morgan fingerprint density at radius 3 is 2.60 bits per heavy atom. The summed E-state index contributed by atoms with van der Waals surface area (Å²) in [5, 5.41) is 3.52. The predicted molar refractivity (Wildman–Crippen MR) is 88.8 cm³/mol. The van der Waals surface area contributed by atoms with Crippen molar-refractivity contribution in [2.75, 3.05) is 49.8 Å². The van der Waals surface area contributed by atoms with E-state index in [1.54, 1.807) is 0 Å². The number of ether oxygens (including phenoxy) is 1. The summed E-state index contributed by atoms with van der Waals surface area (Å²) >= 11 is 1.93. The van der Waals surface area contributed by atoms with Crippen molar-refractivity contribution < 1.29 is 4.74 Å². The van der Waals surface area contributed by atoms with Gasteiger partial charge in [-0.25, -0.2) is 0 Å². The van der Waals surface area contributed by atoms with Crippen LogP contribution in [0, 0.1) is 0 Å². The summed E-state index contributed by atoms with van der Waals surface area (Å²) in [5.41, 5.74) is 2.68. The third-order valence-corrected chi connectivity index (χ3v) is 4.29. The maximum Gasteiger partial charge on any atom is 0.0642 e. The number of anilines is 1. The molecule has 2 rings (SSSR count). The Morgan fingerprint density at radius 1 is 1.15 bits per heavy atom. The molecule has 20 heavy (non-hydrogen) atoms. The lowest BCUT2D eigenvalue weighted by molar-refractivity contribution is 0.122. The van der Waals surface area contributed by atoms with Gasteiger partial charge in [0.1, 0.15) is 0 Å². The van der Waals surface area contributed by atoms with Gasteiger partial charge in [0.15, 0.2) is 0 Å². The molecule has 1 fully saturated rings. The molecule has 0 spiro atoms. The zero-order valence-electron chi connectivity index (χ0n) is 12.4. The van der Waals surface area contributed by atoms with Crippen LogP contribution in [0.4, 0.5) is 5.69 Å².